The Labute approximate surface area is 215 Å². The van der Waals surface area contributed by atoms with E-state index in [9.17, 15) is 0 Å². The number of aliphatic imine (C=N–C) groups is 2. The first kappa shape index (κ1) is 28.2. The van der Waals surface area contributed by atoms with E-state index in [1.807, 2.05) is 0 Å². The zero-order valence-corrected chi connectivity index (χ0v) is 23.3. The van der Waals surface area contributed by atoms with Crippen LogP contribution in [0.15, 0.2) is 46.4 Å². The van der Waals surface area contributed by atoms with Crippen LogP contribution in [-0.4, -0.2) is 23.9 Å². The van der Waals surface area contributed by atoms with Gasteiger partial charge in [-0.2, -0.15) is 0 Å². The standard InChI is InChI=1S/C28H38Cl2N2O2/c1-16(2)20-12-10-13-21(17(3)4)24(20)31-26(33-9)27(34-28(29)30)32-25-22(18(5)6)14-11-15-23(25)19(7)8/h10-19,28H,1-9H3. The first-order valence-corrected chi connectivity index (χ1v) is 12.8. The zero-order valence-electron chi connectivity index (χ0n) is 21.8. The number of benzene rings is 2. The fourth-order valence-corrected chi connectivity index (χ4v) is 4.04. The average Bonchev–Trinajstić information content (AvgIpc) is 2.76. The Morgan fingerprint density at radius 1 is 0.618 bits per heavy atom. The third-order valence-corrected chi connectivity index (χ3v) is 5.87. The summed E-state index contributed by atoms with van der Waals surface area (Å²) in [6.45, 7) is 17.2. The van der Waals surface area contributed by atoms with Gasteiger partial charge in [-0.25, -0.2) is 9.98 Å². The molecule has 0 aromatic heterocycles. The van der Waals surface area contributed by atoms with Gasteiger partial charge >= 0.3 is 0 Å². The fraction of sp³-hybridized carbons (Fsp3) is 0.500. The lowest BCUT2D eigenvalue weighted by molar-refractivity contribution is 0.328. The first-order valence-electron chi connectivity index (χ1n) is 11.9. The number of ether oxygens (including phenoxy) is 2. The molecule has 0 aliphatic rings. The van der Waals surface area contributed by atoms with Gasteiger partial charge in [-0.05, 0) is 45.9 Å². The summed E-state index contributed by atoms with van der Waals surface area (Å²) in [5.74, 6) is 1.47. The molecule has 0 N–H and O–H groups in total. The van der Waals surface area contributed by atoms with E-state index >= 15 is 0 Å². The quantitative estimate of drug-likeness (QED) is 0.214. The normalized spacial score (nSPS) is 13.1. The van der Waals surface area contributed by atoms with Crippen molar-refractivity contribution >= 4 is 46.4 Å². The lowest BCUT2D eigenvalue weighted by atomic mass is 9.93. The molecule has 0 saturated heterocycles. The number of rotatable bonds is 7. The summed E-state index contributed by atoms with van der Waals surface area (Å²) in [5.41, 5.74) is 6.16. The van der Waals surface area contributed by atoms with E-state index in [0.29, 0.717) is 0 Å². The van der Waals surface area contributed by atoms with Crippen molar-refractivity contribution in [2.45, 2.75) is 84.1 Å². The Hall–Kier alpha value is -2.04. The lowest BCUT2D eigenvalue weighted by Gasteiger charge is -2.20. The third kappa shape index (κ3) is 6.99. The van der Waals surface area contributed by atoms with Crippen LogP contribution in [0.3, 0.4) is 0 Å². The molecule has 0 radical (unpaired) electrons. The molecule has 0 aliphatic carbocycles. The van der Waals surface area contributed by atoms with Gasteiger partial charge in [0, 0.05) is 0 Å². The summed E-state index contributed by atoms with van der Waals surface area (Å²) in [6.07, 6.45) is 0. The third-order valence-electron chi connectivity index (χ3n) is 5.69. The van der Waals surface area contributed by atoms with Crippen molar-refractivity contribution < 1.29 is 9.47 Å². The number of hydrogen-bond donors (Lipinski definition) is 0. The number of nitrogens with zero attached hydrogens (tertiary/aromatic N) is 2. The van der Waals surface area contributed by atoms with Gasteiger partial charge in [0.25, 0.3) is 11.8 Å². The molecule has 2 rings (SSSR count). The molecule has 2 aromatic rings. The van der Waals surface area contributed by atoms with Gasteiger partial charge < -0.3 is 9.47 Å². The number of alkyl halides is 2. The second kappa shape index (κ2) is 12.6. The van der Waals surface area contributed by atoms with E-state index in [4.69, 9.17) is 42.7 Å². The van der Waals surface area contributed by atoms with Crippen LogP contribution in [0, 0.1) is 0 Å². The van der Waals surface area contributed by atoms with E-state index in [1.54, 1.807) is 7.11 Å². The molecule has 0 bridgehead atoms. The molecular formula is C28H38Cl2N2O2. The summed E-state index contributed by atoms with van der Waals surface area (Å²) in [7, 11) is 1.56. The Morgan fingerprint density at radius 3 is 1.21 bits per heavy atom. The van der Waals surface area contributed by atoms with Gasteiger partial charge in [0.2, 0.25) is 5.02 Å². The Kier molecular flexibility index (Phi) is 10.5. The molecule has 0 heterocycles. The van der Waals surface area contributed by atoms with E-state index in [0.717, 1.165) is 33.6 Å². The van der Waals surface area contributed by atoms with Crippen molar-refractivity contribution in [1.29, 1.82) is 0 Å². The number of methoxy groups -OCH3 is 1. The van der Waals surface area contributed by atoms with Crippen molar-refractivity contribution in [2.75, 3.05) is 7.11 Å². The van der Waals surface area contributed by atoms with Crippen molar-refractivity contribution in [3.05, 3.63) is 58.7 Å². The molecule has 0 spiro atoms. The summed E-state index contributed by atoms with van der Waals surface area (Å²) in [5, 5.41) is -1.13. The van der Waals surface area contributed by atoms with Gasteiger partial charge in [0.1, 0.15) is 0 Å². The lowest BCUT2D eigenvalue weighted by Crippen LogP contribution is -2.22. The van der Waals surface area contributed by atoms with Crippen LogP contribution in [0.4, 0.5) is 11.4 Å². The number of hydrogen-bond acceptors (Lipinski definition) is 4. The summed E-state index contributed by atoms with van der Waals surface area (Å²) in [6, 6.07) is 12.5. The predicted octanol–water partition coefficient (Wildman–Crippen LogP) is 9.36. The smallest absolute Gasteiger partial charge is 0.281 e. The highest BCUT2D eigenvalue weighted by molar-refractivity contribution is 6.45. The van der Waals surface area contributed by atoms with Crippen LogP contribution in [0.2, 0.25) is 0 Å². The van der Waals surface area contributed by atoms with Crippen molar-refractivity contribution in [2.24, 2.45) is 9.98 Å². The van der Waals surface area contributed by atoms with E-state index in [-0.39, 0.29) is 35.5 Å². The minimum atomic E-state index is -1.13. The maximum atomic E-state index is 6.06. The second-order valence-corrected chi connectivity index (χ2v) is 10.6. The number of para-hydroxylation sites is 2. The van der Waals surface area contributed by atoms with Gasteiger partial charge in [0.05, 0.1) is 18.5 Å². The summed E-state index contributed by atoms with van der Waals surface area (Å²) < 4.78 is 11.5. The highest BCUT2D eigenvalue weighted by Gasteiger charge is 2.22. The van der Waals surface area contributed by atoms with Crippen LogP contribution < -0.4 is 0 Å². The molecule has 0 amide bonds. The molecule has 0 unspecified atom stereocenters. The topological polar surface area (TPSA) is 43.2 Å². The SMILES string of the molecule is COC(=Nc1c(C(C)C)cccc1C(C)C)C(=Nc1c(C(C)C)cccc1C(C)C)OC(Cl)Cl. The summed E-state index contributed by atoms with van der Waals surface area (Å²) in [4.78, 5) is 9.87. The molecule has 6 heteroatoms. The van der Waals surface area contributed by atoms with Gasteiger partial charge in [0.15, 0.2) is 0 Å². The highest BCUT2D eigenvalue weighted by Crippen LogP contribution is 2.37. The maximum absolute atomic E-state index is 6.06. The van der Waals surface area contributed by atoms with Crippen LogP contribution in [0.1, 0.15) is 101 Å². The van der Waals surface area contributed by atoms with Crippen molar-refractivity contribution in [3.8, 4) is 0 Å². The maximum Gasteiger partial charge on any atom is 0.281 e. The van der Waals surface area contributed by atoms with Crippen LogP contribution in [0.5, 0.6) is 0 Å². The Balaban J connectivity index is 2.84. The largest absolute Gasteiger partial charge is 0.477 e. The monoisotopic (exact) mass is 504 g/mol. The van der Waals surface area contributed by atoms with Crippen LogP contribution >= 0.6 is 23.2 Å². The Morgan fingerprint density at radius 2 is 0.941 bits per heavy atom. The van der Waals surface area contributed by atoms with Crippen LogP contribution in [0.25, 0.3) is 0 Å². The molecule has 2 aromatic carbocycles. The minimum Gasteiger partial charge on any atom is -0.477 e. The molecule has 186 valence electrons. The predicted molar refractivity (Wildman–Crippen MR) is 147 cm³/mol. The van der Waals surface area contributed by atoms with Crippen molar-refractivity contribution in [3.63, 3.8) is 0 Å². The molecule has 0 fully saturated rings. The fourth-order valence-electron chi connectivity index (χ4n) is 3.87. The molecule has 4 nitrogen and oxygen atoms in total. The van der Waals surface area contributed by atoms with Gasteiger partial charge in [-0.1, -0.05) is 115 Å². The first-order chi connectivity index (χ1) is 16.0. The zero-order chi connectivity index (χ0) is 25.6. The van der Waals surface area contributed by atoms with Gasteiger partial charge in [-0.15, -0.1) is 0 Å². The molecule has 0 aliphatic heterocycles. The van der Waals surface area contributed by atoms with Gasteiger partial charge in [-0.3, -0.25) is 0 Å². The minimum absolute atomic E-state index is 0.153. The summed E-state index contributed by atoms with van der Waals surface area (Å²) >= 11 is 12.1. The highest BCUT2D eigenvalue weighted by atomic mass is 35.5. The second-order valence-electron chi connectivity index (χ2n) is 9.61. The van der Waals surface area contributed by atoms with Crippen molar-refractivity contribution in [1.82, 2.24) is 0 Å². The molecular weight excluding hydrogens is 467 g/mol. The Bertz CT molecular complexity index is 973. The van der Waals surface area contributed by atoms with E-state index < -0.39 is 5.02 Å². The van der Waals surface area contributed by atoms with Crippen LogP contribution in [-0.2, 0) is 9.47 Å². The molecule has 0 atom stereocenters. The number of halogens is 2. The van der Waals surface area contributed by atoms with E-state index in [2.05, 4.69) is 91.8 Å². The average molecular weight is 506 g/mol. The molecule has 0 saturated carbocycles. The van der Waals surface area contributed by atoms with E-state index in [1.165, 1.54) is 0 Å². The molecule has 34 heavy (non-hydrogen) atoms.